The average molecular weight is 617 g/mol. The molecule has 0 unspecified atom stereocenters. The summed E-state index contributed by atoms with van der Waals surface area (Å²) < 4.78 is 8.68. The fourth-order valence-electron chi connectivity index (χ4n) is 6.13. The number of hydrogen-bond donors (Lipinski definition) is 2. The lowest BCUT2D eigenvalue weighted by Crippen LogP contribution is -2.32. The van der Waals surface area contributed by atoms with Crippen molar-refractivity contribution in [3.63, 3.8) is 0 Å². The van der Waals surface area contributed by atoms with Crippen LogP contribution in [0.3, 0.4) is 0 Å². The second-order valence-electron chi connectivity index (χ2n) is 14.8. The number of nitrogens with zero attached hydrogens (tertiary/aromatic N) is 8. The zero-order valence-corrected chi connectivity index (χ0v) is 27.7. The minimum Gasteiger partial charge on any atom is -0.263 e. The Morgan fingerprint density at radius 2 is 1.09 bits per heavy atom. The number of fused-ring (bicyclic) bond motifs is 12. The number of aromatic nitrogens is 10. The number of rotatable bonds is 0. The molecule has 0 atom stereocenters. The Labute approximate surface area is 270 Å². The van der Waals surface area contributed by atoms with E-state index in [-0.39, 0.29) is 10.8 Å². The van der Waals surface area contributed by atoms with Gasteiger partial charge < -0.3 is 0 Å². The summed E-state index contributed by atoms with van der Waals surface area (Å²) in [6.07, 6.45) is 14.0. The minimum atomic E-state index is 0.0216. The molecule has 10 heteroatoms. The first-order chi connectivity index (χ1) is 21.9. The Kier molecular flexibility index (Phi) is 7.45. The first kappa shape index (κ1) is 29.8. The van der Waals surface area contributed by atoms with Crippen molar-refractivity contribution in [2.75, 3.05) is 0 Å². The average Bonchev–Trinajstić information content (AvgIpc) is 3.78. The van der Waals surface area contributed by atoms with Gasteiger partial charge in [0.15, 0.2) is 24.0 Å². The van der Waals surface area contributed by atoms with Crippen LogP contribution in [-0.2, 0) is 49.9 Å². The van der Waals surface area contributed by atoms with Crippen LogP contribution in [-0.4, -0.2) is 39.5 Å². The Morgan fingerprint density at radius 3 is 1.70 bits per heavy atom. The number of benzene rings is 2. The van der Waals surface area contributed by atoms with Crippen LogP contribution in [0.25, 0.3) is 0 Å². The summed E-state index contributed by atoms with van der Waals surface area (Å²) in [5, 5.41) is 15.5. The highest BCUT2D eigenvalue weighted by Gasteiger charge is 2.20. The second kappa shape index (κ2) is 11.5. The predicted octanol–water partition coefficient (Wildman–Crippen LogP) is 4.38. The smallest absolute Gasteiger partial charge is 0.244 e. The standard InChI is InChI=1S/C36H44N10/c1-35(2,3)29-13-25-11-27(15-29)19-43-7-9-45(23-43)21-33-38-34(42-41-33)22-46-10-8-44(24-46)20-28-12-26(14-30(16-28)36(4,5)6)18-32-37-31(17-25)39-40-32/h7-16,23-24H,17-22H2,1-6H3,(H,37,39,40)(H,38,41,42)/q+2. The van der Waals surface area contributed by atoms with Crippen LogP contribution in [0.4, 0.5) is 0 Å². The van der Waals surface area contributed by atoms with Crippen LogP contribution < -0.4 is 9.13 Å². The Morgan fingerprint density at radius 1 is 0.587 bits per heavy atom. The van der Waals surface area contributed by atoms with Crippen molar-refractivity contribution in [3.8, 4) is 0 Å². The first-order valence-electron chi connectivity index (χ1n) is 16.1. The van der Waals surface area contributed by atoms with Gasteiger partial charge >= 0.3 is 0 Å². The van der Waals surface area contributed by atoms with Gasteiger partial charge in [-0.05, 0) is 44.2 Å². The van der Waals surface area contributed by atoms with E-state index >= 15 is 0 Å². The SMILES string of the molecule is CC(C)(C)c1cc2cc(c1)C[n+]1ccn(c1)Cc1nc(n[nH]1)Cn1cc[n+](c1)Cc1cc(cc(C(C)(C)C)c1)Cc1nc(n[nH]1)C2. The van der Waals surface area contributed by atoms with Crippen molar-refractivity contribution in [1.29, 1.82) is 0 Å². The van der Waals surface area contributed by atoms with E-state index in [0.29, 0.717) is 25.9 Å². The molecule has 2 N–H and O–H groups in total. The Hall–Kier alpha value is -4.86. The normalized spacial score (nSPS) is 14.2. The van der Waals surface area contributed by atoms with Gasteiger partial charge in [-0.15, -0.1) is 0 Å². The van der Waals surface area contributed by atoms with Crippen LogP contribution in [0.5, 0.6) is 0 Å². The van der Waals surface area contributed by atoms with Crippen LogP contribution in [0.1, 0.15) is 98.2 Å². The van der Waals surface area contributed by atoms with Crippen LogP contribution in [0, 0.1) is 0 Å². The van der Waals surface area contributed by atoms with Gasteiger partial charge in [-0.3, -0.25) is 10.2 Å². The summed E-state index contributed by atoms with van der Waals surface area (Å²) in [6, 6.07) is 13.9. The molecule has 6 aromatic rings. The van der Waals surface area contributed by atoms with E-state index in [2.05, 4.69) is 154 Å². The maximum Gasteiger partial charge on any atom is 0.244 e. The van der Waals surface area contributed by atoms with Crippen LogP contribution >= 0.6 is 0 Å². The monoisotopic (exact) mass is 616 g/mol. The number of H-pyrrole nitrogens is 2. The van der Waals surface area contributed by atoms with Gasteiger partial charge in [0.2, 0.25) is 12.7 Å². The van der Waals surface area contributed by atoms with Crippen molar-refractivity contribution in [2.24, 2.45) is 0 Å². The molecule has 236 valence electrons. The quantitative estimate of drug-likeness (QED) is 0.247. The highest BCUT2D eigenvalue weighted by Crippen LogP contribution is 2.27. The molecule has 12 bridgehead atoms. The minimum absolute atomic E-state index is 0.0216. The zero-order valence-electron chi connectivity index (χ0n) is 27.7. The van der Waals surface area contributed by atoms with Crippen LogP contribution in [0.2, 0.25) is 0 Å². The van der Waals surface area contributed by atoms with E-state index in [1.54, 1.807) is 0 Å². The van der Waals surface area contributed by atoms with Gasteiger partial charge in [0, 0.05) is 12.8 Å². The molecule has 0 fully saturated rings. The topological polar surface area (TPSA) is 101 Å². The largest absolute Gasteiger partial charge is 0.263 e. The molecule has 46 heavy (non-hydrogen) atoms. The first-order valence-corrected chi connectivity index (χ1v) is 16.1. The molecule has 2 aromatic carbocycles. The maximum atomic E-state index is 4.96. The third-order valence-corrected chi connectivity index (χ3v) is 8.61. The van der Waals surface area contributed by atoms with E-state index in [1.807, 2.05) is 0 Å². The summed E-state index contributed by atoms with van der Waals surface area (Å²) in [7, 11) is 0. The third kappa shape index (κ3) is 6.85. The van der Waals surface area contributed by atoms with Gasteiger partial charge in [0.25, 0.3) is 0 Å². The number of hydrogen-bond acceptors (Lipinski definition) is 4. The predicted molar refractivity (Wildman–Crippen MR) is 174 cm³/mol. The highest BCUT2D eigenvalue weighted by molar-refractivity contribution is 5.37. The van der Waals surface area contributed by atoms with Gasteiger partial charge in [0.05, 0.1) is 0 Å². The van der Waals surface area contributed by atoms with E-state index < -0.39 is 0 Å². The summed E-state index contributed by atoms with van der Waals surface area (Å²) >= 11 is 0. The molecular formula is C36H44N10+2. The molecule has 10 nitrogen and oxygen atoms in total. The molecule has 0 saturated carbocycles. The maximum absolute atomic E-state index is 4.96. The molecule has 0 radical (unpaired) electrons. The molecule has 1 aliphatic heterocycles. The van der Waals surface area contributed by atoms with Gasteiger partial charge in [-0.25, -0.2) is 28.2 Å². The van der Waals surface area contributed by atoms with Crippen molar-refractivity contribution >= 4 is 0 Å². The van der Waals surface area contributed by atoms with Crippen molar-refractivity contribution < 1.29 is 9.13 Å². The molecule has 0 saturated heterocycles. The zero-order chi connectivity index (χ0) is 32.1. The molecule has 7 rings (SSSR count). The van der Waals surface area contributed by atoms with E-state index in [0.717, 1.165) is 36.4 Å². The van der Waals surface area contributed by atoms with Crippen molar-refractivity contribution in [1.82, 2.24) is 39.5 Å². The molecular weight excluding hydrogens is 572 g/mol. The Balaban J connectivity index is 1.27. The fraction of sp³-hybridized carbons (Fsp3) is 0.389. The van der Waals surface area contributed by atoms with Gasteiger partial charge in [-0.2, -0.15) is 10.2 Å². The number of nitrogens with one attached hydrogen (secondary N) is 2. The highest BCUT2D eigenvalue weighted by atomic mass is 15.3. The lowest BCUT2D eigenvalue weighted by molar-refractivity contribution is -0.688. The molecule has 0 amide bonds. The summed E-state index contributed by atoms with van der Waals surface area (Å²) in [5.74, 6) is 3.30. The van der Waals surface area contributed by atoms with Gasteiger partial charge in [0.1, 0.15) is 50.2 Å². The lowest BCUT2D eigenvalue weighted by Gasteiger charge is -2.21. The molecule has 5 heterocycles. The molecule has 1 aliphatic rings. The Bertz CT molecular complexity index is 1850. The van der Waals surface area contributed by atoms with E-state index in [1.165, 1.54) is 33.4 Å². The van der Waals surface area contributed by atoms with Crippen LogP contribution in [0.15, 0.2) is 73.8 Å². The summed E-state index contributed by atoms with van der Waals surface area (Å²) in [6.45, 7) is 16.4. The molecule has 4 aromatic heterocycles. The molecule has 0 spiro atoms. The third-order valence-electron chi connectivity index (χ3n) is 8.61. The number of aromatic amines is 2. The summed E-state index contributed by atoms with van der Waals surface area (Å²) in [4.78, 5) is 9.76. The fourth-order valence-corrected chi connectivity index (χ4v) is 6.13. The van der Waals surface area contributed by atoms with E-state index in [9.17, 15) is 0 Å². The summed E-state index contributed by atoms with van der Waals surface area (Å²) in [5.41, 5.74) is 7.64. The second-order valence-corrected chi connectivity index (χ2v) is 14.8. The van der Waals surface area contributed by atoms with Crippen molar-refractivity contribution in [3.05, 3.63) is 131 Å². The van der Waals surface area contributed by atoms with E-state index in [4.69, 9.17) is 9.97 Å². The number of imidazole rings is 2. The molecule has 0 aliphatic carbocycles. The van der Waals surface area contributed by atoms with Gasteiger partial charge in [-0.1, -0.05) is 77.9 Å². The van der Waals surface area contributed by atoms with Crippen molar-refractivity contribution in [2.45, 2.75) is 91.4 Å². The lowest BCUT2D eigenvalue weighted by atomic mass is 9.84.